The largest absolute Gasteiger partial charge is 0.396 e. The molecule has 0 aliphatic rings. The summed E-state index contributed by atoms with van der Waals surface area (Å²) in [6, 6.07) is 5.99. The normalized spacial score (nSPS) is 11.5. The predicted octanol–water partition coefficient (Wildman–Crippen LogP) is 2.27. The van der Waals surface area contributed by atoms with Crippen molar-refractivity contribution in [3.8, 4) is 0 Å². The lowest BCUT2D eigenvalue weighted by Crippen LogP contribution is -1.81. The zero-order valence-electron chi connectivity index (χ0n) is 8.18. The molecular formula is C11H12N2OS. The highest BCUT2D eigenvalue weighted by molar-refractivity contribution is 7.22. The molecule has 0 aliphatic heterocycles. The summed E-state index contributed by atoms with van der Waals surface area (Å²) in [5.74, 6) is 0. The fourth-order valence-corrected chi connectivity index (χ4v) is 2.18. The van der Waals surface area contributed by atoms with E-state index in [-0.39, 0.29) is 6.61 Å². The smallest absolute Gasteiger partial charge is 0.181 e. The first-order chi connectivity index (χ1) is 7.31. The van der Waals surface area contributed by atoms with Gasteiger partial charge in [-0.2, -0.15) is 0 Å². The fraction of sp³-hybridized carbons (Fsp3) is 0.182. The van der Waals surface area contributed by atoms with Crippen LogP contribution in [-0.4, -0.2) is 16.7 Å². The fourth-order valence-electron chi connectivity index (χ4n) is 1.41. The molecule has 0 spiro atoms. The molecule has 1 aromatic carbocycles. The lowest BCUT2D eigenvalue weighted by molar-refractivity contribution is 0.303. The van der Waals surface area contributed by atoms with Gasteiger partial charge >= 0.3 is 0 Å². The molecule has 0 saturated heterocycles. The Balaban J connectivity index is 2.41. The molecule has 1 aromatic heterocycles. The number of nitrogens with zero attached hydrogens (tertiary/aromatic N) is 1. The van der Waals surface area contributed by atoms with Crippen LogP contribution in [0.1, 0.15) is 12.0 Å². The Kier molecular flexibility index (Phi) is 2.99. The summed E-state index contributed by atoms with van der Waals surface area (Å²) in [5, 5.41) is 9.27. The number of aliphatic hydroxyl groups excluding tert-OH is 1. The van der Waals surface area contributed by atoms with Gasteiger partial charge in [-0.1, -0.05) is 35.6 Å². The van der Waals surface area contributed by atoms with E-state index in [4.69, 9.17) is 10.8 Å². The van der Waals surface area contributed by atoms with Gasteiger partial charge in [-0.25, -0.2) is 4.98 Å². The number of nitrogens with two attached hydrogens (primary N) is 1. The molecule has 0 aliphatic carbocycles. The van der Waals surface area contributed by atoms with Crippen molar-refractivity contribution in [3.63, 3.8) is 0 Å². The van der Waals surface area contributed by atoms with Crippen LogP contribution in [0, 0.1) is 0 Å². The van der Waals surface area contributed by atoms with E-state index in [1.165, 1.54) is 11.3 Å². The molecule has 0 bridgehead atoms. The van der Waals surface area contributed by atoms with Crippen LogP contribution in [0.3, 0.4) is 0 Å². The Labute approximate surface area is 91.9 Å². The molecule has 4 heteroatoms. The van der Waals surface area contributed by atoms with Gasteiger partial charge < -0.3 is 10.8 Å². The van der Waals surface area contributed by atoms with Crippen LogP contribution in [0.15, 0.2) is 24.3 Å². The number of aliphatic hydroxyl groups is 1. The minimum atomic E-state index is 0.172. The second-order valence-electron chi connectivity index (χ2n) is 3.16. The lowest BCUT2D eigenvalue weighted by Gasteiger charge is -1.94. The van der Waals surface area contributed by atoms with Gasteiger partial charge in [-0.15, -0.1) is 0 Å². The van der Waals surface area contributed by atoms with Gasteiger partial charge in [0.15, 0.2) is 5.13 Å². The van der Waals surface area contributed by atoms with Crippen LogP contribution >= 0.6 is 11.3 Å². The molecule has 0 radical (unpaired) electrons. The zero-order valence-corrected chi connectivity index (χ0v) is 9.00. The monoisotopic (exact) mass is 220 g/mol. The number of hydrogen-bond acceptors (Lipinski definition) is 4. The van der Waals surface area contributed by atoms with Crippen LogP contribution in [0.4, 0.5) is 5.13 Å². The Bertz CT molecular complexity index is 490. The number of hydrogen-bond donors (Lipinski definition) is 2. The van der Waals surface area contributed by atoms with E-state index in [1.54, 1.807) is 0 Å². The highest BCUT2D eigenvalue weighted by Crippen LogP contribution is 2.26. The molecule has 2 rings (SSSR count). The zero-order chi connectivity index (χ0) is 10.7. The molecule has 0 unspecified atom stereocenters. The third kappa shape index (κ3) is 2.16. The molecule has 15 heavy (non-hydrogen) atoms. The van der Waals surface area contributed by atoms with Crippen molar-refractivity contribution in [2.24, 2.45) is 0 Å². The molecule has 3 N–H and O–H groups in total. The van der Waals surface area contributed by atoms with Crippen LogP contribution < -0.4 is 5.73 Å². The Morgan fingerprint density at radius 1 is 1.47 bits per heavy atom. The van der Waals surface area contributed by atoms with Gasteiger partial charge in [0, 0.05) is 12.2 Å². The van der Waals surface area contributed by atoms with Crippen molar-refractivity contribution >= 4 is 32.8 Å². The predicted molar refractivity (Wildman–Crippen MR) is 64.8 cm³/mol. The van der Waals surface area contributed by atoms with E-state index >= 15 is 0 Å². The van der Waals surface area contributed by atoms with Crippen molar-refractivity contribution in [1.82, 2.24) is 4.98 Å². The maximum Gasteiger partial charge on any atom is 0.181 e. The van der Waals surface area contributed by atoms with Crippen molar-refractivity contribution in [3.05, 3.63) is 29.8 Å². The summed E-state index contributed by atoms with van der Waals surface area (Å²) in [6.07, 6.45) is 4.57. The second kappa shape index (κ2) is 4.42. The van der Waals surface area contributed by atoms with Gasteiger partial charge in [0.2, 0.25) is 0 Å². The topological polar surface area (TPSA) is 59.1 Å². The van der Waals surface area contributed by atoms with E-state index in [0.29, 0.717) is 11.6 Å². The maximum absolute atomic E-state index is 8.68. The Morgan fingerprint density at radius 2 is 2.33 bits per heavy atom. The molecular weight excluding hydrogens is 208 g/mol. The molecule has 0 fully saturated rings. The summed E-state index contributed by atoms with van der Waals surface area (Å²) < 4.78 is 1.10. The van der Waals surface area contributed by atoms with Crippen LogP contribution in [0.2, 0.25) is 0 Å². The van der Waals surface area contributed by atoms with Crippen molar-refractivity contribution < 1.29 is 5.11 Å². The number of rotatable bonds is 3. The average Bonchev–Trinajstić information content (AvgIpc) is 2.59. The molecule has 0 saturated carbocycles. The molecule has 0 amide bonds. The van der Waals surface area contributed by atoms with Crippen LogP contribution in [0.25, 0.3) is 16.3 Å². The van der Waals surface area contributed by atoms with Crippen molar-refractivity contribution in [2.75, 3.05) is 12.3 Å². The first kappa shape index (κ1) is 10.1. The van der Waals surface area contributed by atoms with Gasteiger partial charge in [-0.3, -0.25) is 0 Å². The second-order valence-corrected chi connectivity index (χ2v) is 4.22. The summed E-state index contributed by atoms with van der Waals surface area (Å²) in [4.78, 5) is 4.27. The lowest BCUT2D eigenvalue weighted by atomic mass is 10.2. The van der Waals surface area contributed by atoms with E-state index in [1.807, 2.05) is 30.4 Å². The third-order valence-corrected chi connectivity index (χ3v) is 2.91. The number of aromatic nitrogens is 1. The van der Waals surface area contributed by atoms with E-state index in [9.17, 15) is 0 Å². The van der Waals surface area contributed by atoms with Gasteiger partial charge in [0.1, 0.15) is 0 Å². The summed E-state index contributed by atoms with van der Waals surface area (Å²) in [5.41, 5.74) is 7.65. The Hall–Kier alpha value is -1.39. The minimum absolute atomic E-state index is 0.172. The molecule has 3 nitrogen and oxygen atoms in total. The minimum Gasteiger partial charge on any atom is -0.396 e. The number of anilines is 1. The Morgan fingerprint density at radius 3 is 3.13 bits per heavy atom. The molecule has 78 valence electrons. The van der Waals surface area contributed by atoms with Crippen molar-refractivity contribution in [1.29, 1.82) is 0 Å². The molecule has 2 aromatic rings. The van der Waals surface area contributed by atoms with Crippen LogP contribution in [-0.2, 0) is 0 Å². The standard InChI is InChI=1S/C11H12N2OS/c12-11-13-10-8(4-1-2-7-14)5-3-6-9(10)15-11/h1,3-6,14H,2,7H2,(H2,12,13). The number of nitrogen functional groups attached to an aromatic ring is 1. The maximum atomic E-state index is 8.68. The van der Waals surface area contributed by atoms with E-state index in [0.717, 1.165) is 15.8 Å². The van der Waals surface area contributed by atoms with Crippen LogP contribution in [0.5, 0.6) is 0 Å². The van der Waals surface area contributed by atoms with Gasteiger partial charge in [0.25, 0.3) is 0 Å². The first-order valence-electron chi connectivity index (χ1n) is 4.73. The number of thiazole rings is 1. The first-order valence-corrected chi connectivity index (χ1v) is 5.55. The quantitative estimate of drug-likeness (QED) is 0.834. The number of benzene rings is 1. The highest BCUT2D eigenvalue weighted by atomic mass is 32.1. The third-order valence-electron chi connectivity index (χ3n) is 2.06. The van der Waals surface area contributed by atoms with Gasteiger partial charge in [-0.05, 0) is 12.5 Å². The van der Waals surface area contributed by atoms with E-state index in [2.05, 4.69) is 4.98 Å². The van der Waals surface area contributed by atoms with E-state index < -0.39 is 0 Å². The summed E-state index contributed by atoms with van der Waals surface area (Å²) >= 11 is 1.49. The SMILES string of the molecule is Nc1nc2c(C=CCCO)cccc2s1. The van der Waals surface area contributed by atoms with Gasteiger partial charge in [0.05, 0.1) is 10.2 Å². The highest BCUT2D eigenvalue weighted by Gasteiger charge is 2.03. The van der Waals surface area contributed by atoms with Crippen molar-refractivity contribution in [2.45, 2.75) is 6.42 Å². The molecule has 1 heterocycles. The number of para-hydroxylation sites is 1. The number of fused-ring (bicyclic) bond motifs is 1. The summed E-state index contributed by atoms with van der Waals surface area (Å²) in [7, 11) is 0. The summed E-state index contributed by atoms with van der Waals surface area (Å²) in [6.45, 7) is 0.172. The average molecular weight is 220 g/mol. The molecule has 0 atom stereocenters.